The summed E-state index contributed by atoms with van der Waals surface area (Å²) in [6.45, 7) is 0. The van der Waals surface area contributed by atoms with Crippen molar-refractivity contribution in [1.29, 1.82) is 0 Å². The molecule has 4 aromatic rings. The molecule has 0 unspecified atom stereocenters. The Hall–Kier alpha value is -3.38. The summed E-state index contributed by atoms with van der Waals surface area (Å²) in [7, 11) is 0. The highest BCUT2D eigenvalue weighted by Gasteiger charge is 2.07. The smallest absolute Gasteiger partial charge is 0.250 e. The van der Waals surface area contributed by atoms with Crippen LogP contribution < -0.4 is 5.43 Å². The predicted octanol–water partition coefficient (Wildman–Crippen LogP) is 4.34. The van der Waals surface area contributed by atoms with Crippen LogP contribution in [-0.2, 0) is 4.79 Å². The molecule has 1 amide bonds. The van der Waals surface area contributed by atoms with E-state index in [4.69, 9.17) is 0 Å². The van der Waals surface area contributed by atoms with Gasteiger partial charge in [-0.05, 0) is 29.0 Å². The number of hydrogen-bond donors (Lipinski definition) is 2. The van der Waals surface area contributed by atoms with E-state index in [9.17, 15) is 9.90 Å². The van der Waals surface area contributed by atoms with E-state index in [1.165, 1.54) is 18.0 Å². The molecule has 0 saturated heterocycles. The molecule has 2 N–H and O–H groups in total. The van der Waals surface area contributed by atoms with Crippen LogP contribution >= 0.6 is 11.8 Å². The molecule has 28 heavy (non-hydrogen) atoms. The lowest BCUT2D eigenvalue weighted by Crippen LogP contribution is -2.19. The first-order valence-corrected chi connectivity index (χ1v) is 9.70. The van der Waals surface area contributed by atoms with E-state index in [0.717, 1.165) is 26.6 Å². The molecule has 0 spiro atoms. The number of para-hydroxylation sites is 1. The van der Waals surface area contributed by atoms with E-state index in [1.54, 1.807) is 12.3 Å². The molecule has 6 heteroatoms. The summed E-state index contributed by atoms with van der Waals surface area (Å²) < 4.78 is 0. The molecule has 0 aliphatic rings. The summed E-state index contributed by atoms with van der Waals surface area (Å²) in [5, 5.41) is 17.0. The molecule has 0 saturated carbocycles. The van der Waals surface area contributed by atoms with Gasteiger partial charge in [-0.15, -0.1) is 11.8 Å². The monoisotopic (exact) mass is 387 g/mol. The van der Waals surface area contributed by atoms with Crippen LogP contribution in [0.2, 0.25) is 0 Å². The first kappa shape index (κ1) is 18.0. The molecule has 0 atom stereocenters. The van der Waals surface area contributed by atoms with Crippen molar-refractivity contribution in [3.05, 3.63) is 78.5 Å². The third-order valence-corrected chi connectivity index (χ3v) is 5.33. The summed E-state index contributed by atoms with van der Waals surface area (Å²) in [5.41, 5.74) is 3.97. The Bertz CT molecular complexity index is 1190. The highest BCUT2D eigenvalue weighted by molar-refractivity contribution is 8.00. The molecule has 138 valence electrons. The average Bonchev–Trinajstić information content (AvgIpc) is 2.74. The van der Waals surface area contributed by atoms with E-state index < -0.39 is 0 Å². The number of phenolic OH excluding ortho intramolecular Hbond substituents is 1. The Balaban J connectivity index is 1.43. The Morgan fingerprint density at radius 3 is 2.79 bits per heavy atom. The summed E-state index contributed by atoms with van der Waals surface area (Å²) >= 11 is 1.41. The molecule has 0 bridgehead atoms. The number of nitrogens with one attached hydrogen (secondary N) is 1. The lowest BCUT2D eigenvalue weighted by molar-refractivity contribution is -0.118. The average molecular weight is 387 g/mol. The standard InChI is InChI=1S/C22H17N3O2S/c26-19-11-10-15-5-1-2-8-17(15)18(19)13-24-25-21(27)14-28-20-9-3-6-16-7-4-12-23-22(16)20/h1-13,26H,14H2,(H,25,27). The summed E-state index contributed by atoms with van der Waals surface area (Å²) in [5.74, 6) is 0.107. The Morgan fingerprint density at radius 1 is 1.04 bits per heavy atom. The molecule has 1 aromatic heterocycles. The minimum Gasteiger partial charge on any atom is -0.507 e. The minimum atomic E-state index is -0.228. The van der Waals surface area contributed by atoms with Gasteiger partial charge in [0.2, 0.25) is 5.91 Å². The zero-order chi connectivity index (χ0) is 19.3. The van der Waals surface area contributed by atoms with Crippen molar-refractivity contribution in [2.45, 2.75) is 4.90 Å². The van der Waals surface area contributed by atoms with Gasteiger partial charge in [0.15, 0.2) is 0 Å². The lowest BCUT2D eigenvalue weighted by Gasteiger charge is -2.06. The van der Waals surface area contributed by atoms with Crippen LogP contribution in [0.3, 0.4) is 0 Å². The van der Waals surface area contributed by atoms with Crippen LogP contribution in [-0.4, -0.2) is 28.0 Å². The third kappa shape index (κ3) is 3.82. The highest BCUT2D eigenvalue weighted by atomic mass is 32.2. The number of carbonyl (C=O) groups is 1. The second-order valence-electron chi connectivity index (χ2n) is 6.13. The fourth-order valence-electron chi connectivity index (χ4n) is 2.96. The normalized spacial score (nSPS) is 11.3. The van der Waals surface area contributed by atoms with Gasteiger partial charge in [-0.2, -0.15) is 5.10 Å². The van der Waals surface area contributed by atoms with Gasteiger partial charge in [0, 0.05) is 22.0 Å². The maximum Gasteiger partial charge on any atom is 0.250 e. The lowest BCUT2D eigenvalue weighted by atomic mass is 10.0. The molecule has 0 fully saturated rings. The molecule has 0 aliphatic heterocycles. The zero-order valence-electron chi connectivity index (χ0n) is 14.9. The van der Waals surface area contributed by atoms with Crippen LogP contribution in [0.5, 0.6) is 5.75 Å². The summed E-state index contributed by atoms with van der Waals surface area (Å²) in [4.78, 5) is 17.5. The van der Waals surface area contributed by atoms with Crippen molar-refractivity contribution in [2.24, 2.45) is 5.10 Å². The molecule has 0 radical (unpaired) electrons. The largest absolute Gasteiger partial charge is 0.507 e. The van der Waals surface area contributed by atoms with Gasteiger partial charge in [-0.1, -0.05) is 48.5 Å². The molecular formula is C22H17N3O2S. The van der Waals surface area contributed by atoms with Crippen LogP contribution in [0.1, 0.15) is 5.56 Å². The van der Waals surface area contributed by atoms with Crippen LogP contribution in [0.15, 0.2) is 82.9 Å². The minimum absolute atomic E-state index is 0.118. The maximum absolute atomic E-state index is 12.2. The second kappa shape index (κ2) is 8.10. The van der Waals surface area contributed by atoms with Gasteiger partial charge in [-0.3, -0.25) is 9.78 Å². The number of thioether (sulfide) groups is 1. The topological polar surface area (TPSA) is 74.6 Å². The quantitative estimate of drug-likeness (QED) is 0.304. The van der Waals surface area contributed by atoms with Crippen molar-refractivity contribution < 1.29 is 9.90 Å². The number of aromatic hydroxyl groups is 1. The fourth-order valence-corrected chi connectivity index (χ4v) is 3.79. The van der Waals surface area contributed by atoms with Crippen molar-refractivity contribution in [3.63, 3.8) is 0 Å². The molecule has 1 heterocycles. The van der Waals surface area contributed by atoms with Gasteiger partial charge in [0.1, 0.15) is 5.75 Å². The number of carbonyl (C=O) groups excluding carboxylic acids is 1. The molecule has 5 nitrogen and oxygen atoms in total. The summed E-state index contributed by atoms with van der Waals surface area (Å²) in [6, 6.07) is 20.9. The first-order valence-electron chi connectivity index (χ1n) is 8.71. The Morgan fingerprint density at radius 2 is 1.86 bits per heavy atom. The number of nitrogens with zero attached hydrogens (tertiary/aromatic N) is 2. The maximum atomic E-state index is 12.2. The fraction of sp³-hybridized carbons (Fsp3) is 0.0455. The SMILES string of the molecule is O=C(CSc1cccc2cccnc12)NN=Cc1c(O)ccc2ccccc12. The van der Waals surface area contributed by atoms with Gasteiger partial charge in [-0.25, -0.2) is 5.43 Å². The number of pyridine rings is 1. The van der Waals surface area contributed by atoms with Crippen molar-refractivity contribution in [3.8, 4) is 5.75 Å². The van der Waals surface area contributed by atoms with E-state index in [1.807, 2.05) is 60.7 Å². The van der Waals surface area contributed by atoms with Crippen LogP contribution in [0.25, 0.3) is 21.7 Å². The molecule has 0 aliphatic carbocycles. The number of fused-ring (bicyclic) bond motifs is 2. The first-order chi connectivity index (χ1) is 13.7. The Labute approximate surface area is 166 Å². The van der Waals surface area contributed by atoms with Crippen molar-refractivity contribution in [1.82, 2.24) is 10.4 Å². The van der Waals surface area contributed by atoms with Crippen molar-refractivity contribution in [2.75, 3.05) is 5.75 Å². The Kier molecular flexibility index (Phi) is 5.21. The molecular weight excluding hydrogens is 370 g/mol. The molecule has 3 aromatic carbocycles. The van der Waals surface area contributed by atoms with Crippen molar-refractivity contribution >= 4 is 45.6 Å². The highest BCUT2D eigenvalue weighted by Crippen LogP contribution is 2.26. The zero-order valence-corrected chi connectivity index (χ0v) is 15.7. The summed E-state index contributed by atoms with van der Waals surface area (Å²) in [6.07, 6.45) is 3.22. The van der Waals surface area contributed by atoms with Gasteiger partial charge >= 0.3 is 0 Å². The van der Waals surface area contributed by atoms with Crippen LogP contribution in [0.4, 0.5) is 0 Å². The third-order valence-electron chi connectivity index (χ3n) is 4.29. The molecule has 4 rings (SSSR count). The predicted molar refractivity (Wildman–Crippen MR) is 114 cm³/mol. The van der Waals surface area contributed by atoms with Gasteiger partial charge in [0.25, 0.3) is 0 Å². The number of hydrazone groups is 1. The number of hydrogen-bond acceptors (Lipinski definition) is 5. The number of aromatic nitrogens is 1. The number of benzene rings is 3. The number of phenols is 1. The number of amides is 1. The number of rotatable bonds is 5. The van der Waals surface area contributed by atoms with E-state index in [-0.39, 0.29) is 17.4 Å². The van der Waals surface area contributed by atoms with Crippen LogP contribution in [0, 0.1) is 0 Å². The van der Waals surface area contributed by atoms with E-state index >= 15 is 0 Å². The van der Waals surface area contributed by atoms with Gasteiger partial charge < -0.3 is 5.11 Å². The van der Waals surface area contributed by atoms with Gasteiger partial charge in [0.05, 0.1) is 17.5 Å². The van der Waals surface area contributed by atoms with E-state index in [0.29, 0.717) is 5.56 Å². The van der Waals surface area contributed by atoms with E-state index in [2.05, 4.69) is 15.5 Å². The second-order valence-corrected chi connectivity index (χ2v) is 7.15.